The van der Waals surface area contributed by atoms with Gasteiger partial charge in [-0.1, -0.05) is 51.9 Å². The van der Waals surface area contributed by atoms with E-state index in [2.05, 4.69) is 16.9 Å². The summed E-state index contributed by atoms with van der Waals surface area (Å²) in [6.07, 6.45) is 12.4. The fourth-order valence-corrected chi connectivity index (χ4v) is 2.60. The maximum atomic E-state index is 5.96. The van der Waals surface area contributed by atoms with Gasteiger partial charge >= 0.3 is 0 Å². The summed E-state index contributed by atoms with van der Waals surface area (Å²) in [5.74, 6) is 0.585. The van der Waals surface area contributed by atoms with Crippen LogP contribution in [0.4, 0.5) is 5.95 Å². The predicted octanol–water partition coefficient (Wildman–Crippen LogP) is 4.15. The van der Waals surface area contributed by atoms with Crippen LogP contribution in [0.3, 0.4) is 0 Å². The van der Waals surface area contributed by atoms with E-state index in [9.17, 15) is 0 Å². The Balaban J connectivity index is 1.72. The number of pyridine rings is 1. The third-order valence-corrected chi connectivity index (χ3v) is 3.77. The monoisotopic (exact) mass is 274 g/mol. The minimum absolute atomic E-state index is 0.585. The Labute approximate surface area is 121 Å². The molecular formula is C16H26N4. The number of anilines is 1. The second-order valence-electron chi connectivity index (χ2n) is 5.44. The van der Waals surface area contributed by atoms with Gasteiger partial charge in [0.25, 0.3) is 0 Å². The van der Waals surface area contributed by atoms with Gasteiger partial charge in [-0.05, 0) is 18.6 Å². The molecule has 0 fully saturated rings. The highest BCUT2D eigenvalue weighted by atomic mass is 15.2. The molecule has 2 N–H and O–H groups in total. The Kier molecular flexibility index (Phi) is 5.84. The molecule has 4 nitrogen and oxygen atoms in total. The molecule has 0 spiro atoms. The summed E-state index contributed by atoms with van der Waals surface area (Å²) in [6, 6.07) is 3.86. The van der Waals surface area contributed by atoms with E-state index in [1.807, 2.05) is 16.7 Å². The van der Waals surface area contributed by atoms with E-state index in [0.717, 1.165) is 24.1 Å². The Bertz CT molecular complexity index is 518. The van der Waals surface area contributed by atoms with Crippen LogP contribution in [0.15, 0.2) is 18.3 Å². The van der Waals surface area contributed by atoms with Crippen molar-refractivity contribution in [3.05, 3.63) is 18.3 Å². The topological polar surface area (TPSA) is 56.7 Å². The number of hydrogen-bond acceptors (Lipinski definition) is 3. The summed E-state index contributed by atoms with van der Waals surface area (Å²) < 4.78 is 2.03. The minimum atomic E-state index is 0.585. The molecule has 0 aliphatic carbocycles. The lowest BCUT2D eigenvalue weighted by Gasteiger charge is -2.05. The van der Waals surface area contributed by atoms with Crippen LogP contribution in [0.5, 0.6) is 0 Å². The largest absolute Gasteiger partial charge is 0.369 e. The first-order valence-corrected chi connectivity index (χ1v) is 7.89. The van der Waals surface area contributed by atoms with Crippen molar-refractivity contribution in [1.29, 1.82) is 0 Å². The summed E-state index contributed by atoms with van der Waals surface area (Å²) in [7, 11) is 0. The number of unbranched alkanes of at least 4 members (excludes halogenated alkanes) is 7. The van der Waals surface area contributed by atoms with E-state index in [-0.39, 0.29) is 0 Å². The Morgan fingerprint density at radius 3 is 2.50 bits per heavy atom. The van der Waals surface area contributed by atoms with Crippen LogP contribution in [0.25, 0.3) is 11.2 Å². The number of fused-ring (bicyclic) bond motifs is 1. The lowest BCUT2D eigenvalue weighted by atomic mass is 10.1. The zero-order valence-corrected chi connectivity index (χ0v) is 12.5. The Hall–Kier alpha value is -1.58. The molecule has 0 aliphatic heterocycles. The average molecular weight is 274 g/mol. The predicted molar refractivity (Wildman–Crippen MR) is 84.6 cm³/mol. The number of rotatable bonds is 9. The zero-order chi connectivity index (χ0) is 14.2. The molecule has 4 heteroatoms. The van der Waals surface area contributed by atoms with E-state index in [1.165, 1.54) is 44.9 Å². The molecule has 0 saturated carbocycles. The number of imidazole rings is 1. The Morgan fingerprint density at radius 1 is 1.05 bits per heavy atom. The number of hydrogen-bond donors (Lipinski definition) is 1. The fourth-order valence-electron chi connectivity index (χ4n) is 2.60. The second kappa shape index (κ2) is 7.88. The van der Waals surface area contributed by atoms with Crippen molar-refractivity contribution in [2.45, 2.75) is 64.8 Å². The highest BCUT2D eigenvalue weighted by Crippen LogP contribution is 2.16. The van der Waals surface area contributed by atoms with Crippen molar-refractivity contribution in [2.24, 2.45) is 0 Å². The smallest absolute Gasteiger partial charge is 0.202 e. The quantitative estimate of drug-likeness (QED) is 0.699. The number of nitrogen functional groups attached to an aromatic ring is 1. The third kappa shape index (κ3) is 3.95. The van der Waals surface area contributed by atoms with Gasteiger partial charge in [-0.3, -0.25) is 4.57 Å². The third-order valence-electron chi connectivity index (χ3n) is 3.77. The summed E-state index contributed by atoms with van der Waals surface area (Å²) in [5.41, 5.74) is 7.76. The highest BCUT2D eigenvalue weighted by Gasteiger charge is 2.07. The summed E-state index contributed by atoms with van der Waals surface area (Å²) in [4.78, 5) is 8.71. The van der Waals surface area contributed by atoms with Crippen LogP contribution in [-0.2, 0) is 6.54 Å². The molecule has 0 unspecified atom stereocenters. The van der Waals surface area contributed by atoms with Crippen molar-refractivity contribution in [3.63, 3.8) is 0 Å². The van der Waals surface area contributed by atoms with Gasteiger partial charge in [0.1, 0.15) is 5.52 Å². The van der Waals surface area contributed by atoms with E-state index < -0.39 is 0 Å². The van der Waals surface area contributed by atoms with Crippen LogP contribution in [-0.4, -0.2) is 14.5 Å². The molecule has 20 heavy (non-hydrogen) atoms. The molecule has 2 rings (SSSR count). The number of aromatic nitrogens is 3. The number of nitrogens with two attached hydrogens (primary N) is 1. The standard InChI is InChI=1S/C16H26N4/c1-2-3-4-5-6-7-8-9-13-20-15-14(19-16(20)17)11-10-12-18-15/h10-12H,2-9,13H2,1H3,(H2,17,19). The second-order valence-corrected chi connectivity index (χ2v) is 5.44. The molecule has 0 bridgehead atoms. The van der Waals surface area contributed by atoms with Crippen molar-refractivity contribution in [3.8, 4) is 0 Å². The van der Waals surface area contributed by atoms with Crippen LogP contribution < -0.4 is 5.73 Å². The first-order chi connectivity index (χ1) is 9.83. The SMILES string of the molecule is CCCCCCCCCCn1c(N)nc2cccnc21. The van der Waals surface area contributed by atoms with Gasteiger partial charge < -0.3 is 5.73 Å². The minimum Gasteiger partial charge on any atom is -0.369 e. The van der Waals surface area contributed by atoms with Crippen molar-refractivity contribution < 1.29 is 0 Å². The van der Waals surface area contributed by atoms with E-state index in [4.69, 9.17) is 5.73 Å². The summed E-state index contributed by atoms with van der Waals surface area (Å²) >= 11 is 0. The maximum Gasteiger partial charge on any atom is 0.202 e. The molecule has 0 aliphatic rings. The van der Waals surface area contributed by atoms with E-state index in [1.54, 1.807) is 6.20 Å². The molecule has 2 heterocycles. The zero-order valence-electron chi connectivity index (χ0n) is 12.5. The first-order valence-electron chi connectivity index (χ1n) is 7.89. The Morgan fingerprint density at radius 2 is 1.75 bits per heavy atom. The molecule has 0 amide bonds. The molecule has 0 atom stereocenters. The number of nitrogens with zero attached hydrogens (tertiary/aromatic N) is 3. The maximum absolute atomic E-state index is 5.96. The molecule has 2 aromatic heterocycles. The van der Waals surface area contributed by atoms with Crippen LogP contribution in [0, 0.1) is 0 Å². The van der Waals surface area contributed by atoms with Crippen LogP contribution >= 0.6 is 0 Å². The van der Waals surface area contributed by atoms with Crippen molar-refractivity contribution >= 4 is 17.1 Å². The average Bonchev–Trinajstić information content (AvgIpc) is 2.78. The fraction of sp³-hybridized carbons (Fsp3) is 0.625. The molecular weight excluding hydrogens is 248 g/mol. The summed E-state index contributed by atoms with van der Waals surface area (Å²) in [5, 5.41) is 0. The number of aryl methyl sites for hydroxylation is 1. The molecule has 110 valence electrons. The van der Waals surface area contributed by atoms with Crippen LogP contribution in [0.2, 0.25) is 0 Å². The normalized spacial score (nSPS) is 11.2. The summed E-state index contributed by atoms with van der Waals surface area (Å²) in [6.45, 7) is 3.18. The highest BCUT2D eigenvalue weighted by molar-refractivity contribution is 5.73. The van der Waals surface area contributed by atoms with Crippen molar-refractivity contribution in [1.82, 2.24) is 14.5 Å². The van der Waals surface area contributed by atoms with E-state index in [0.29, 0.717) is 5.95 Å². The lowest BCUT2D eigenvalue weighted by Crippen LogP contribution is -2.04. The van der Waals surface area contributed by atoms with Gasteiger partial charge in [0, 0.05) is 12.7 Å². The van der Waals surface area contributed by atoms with Gasteiger partial charge in [-0.25, -0.2) is 9.97 Å². The van der Waals surface area contributed by atoms with Gasteiger partial charge in [-0.2, -0.15) is 0 Å². The molecule has 2 aromatic rings. The van der Waals surface area contributed by atoms with Crippen LogP contribution in [0.1, 0.15) is 58.3 Å². The van der Waals surface area contributed by atoms with E-state index >= 15 is 0 Å². The van der Waals surface area contributed by atoms with Gasteiger partial charge in [0.2, 0.25) is 5.95 Å². The van der Waals surface area contributed by atoms with Crippen molar-refractivity contribution in [2.75, 3.05) is 5.73 Å². The van der Waals surface area contributed by atoms with Gasteiger partial charge in [-0.15, -0.1) is 0 Å². The molecule has 0 aromatic carbocycles. The van der Waals surface area contributed by atoms with Gasteiger partial charge in [0.15, 0.2) is 5.65 Å². The van der Waals surface area contributed by atoms with Gasteiger partial charge in [0.05, 0.1) is 0 Å². The molecule has 0 radical (unpaired) electrons. The first kappa shape index (κ1) is 14.8. The molecule has 0 saturated heterocycles. The lowest BCUT2D eigenvalue weighted by molar-refractivity contribution is 0.549.